The molecule has 0 unspecified atom stereocenters. The van der Waals surface area contributed by atoms with E-state index in [4.69, 9.17) is 4.74 Å². The van der Waals surface area contributed by atoms with Gasteiger partial charge in [-0.05, 0) is 17.7 Å². The van der Waals surface area contributed by atoms with Crippen molar-refractivity contribution in [2.24, 2.45) is 0 Å². The Kier molecular flexibility index (Phi) is 3.64. The number of amides is 1. The molecule has 0 aromatic heterocycles. The van der Waals surface area contributed by atoms with E-state index in [0.29, 0.717) is 0 Å². The van der Waals surface area contributed by atoms with E-state index >= 15 is 0 Å². The fourth-order valence-electron chi connectivity index (χ4n) is 0.813. The molecule has 0 aliphatic rings. The Labute approximate surface area is 82.5 Å². The van der Waals surface area contributed by atoms with Crippen LogP contribution in [0, 0.1) is 0 Å². The number of hydrogen-bond acceptors (Lipinski definition) is 3. The first kappa shape index (κ1) is 9.92. The lowest BCUT2D eigenvalue weighted by Crippen LogP contribution is -2.18. The molecule has 0 aliphatic heterocycles. The van der Waals surface area contributed by atoms with Crippen molar-refractivity contribution in [3.63, 3.8) is 0 Å². The Morgan fingerprint density at radius 3 is 2.62 bits per heavy atom. The SMILES string of the molecule is CNC(=O)OCc1ccc(S)cc1. The van der Waals surface area contributed by atoms with Gasteiger partial charge in [0.1, 0.15) is 6.61 Å². The molecule has 0 radical (unpaired) electrons. The second kappa shape index (κ2) is 4.77. The molecule has 1 aromatic carbocycles. The summed E-state index contributed by atoms with van der Waals surface area (Å²) in [5, 5.41) is 2.37. The number of nitrogens with one attached hydrogen (secondary N) is 1. The number of ether oxygens (including phenoxy) is 1. The number of carbonyl (C=O) groups excluding carboxylic acids is 1. The minimum Gasteiger partial charge on any atom is -0.445 e. The van der Waals surface area contributed by atoms with Crippen molar-refractivity contribution in [2.45, 2.75) is 11.5 Å². The van der Waals surface area contributed by atoms with Gasteiger partial charge < -0.3 is 10.1 Å². The number of alkyl carbamates (subject to hydrolysis) is 1. The molecule has 70 valence electrons. The second-order valence-electron chi connectivity index (χ2n) is 2.49. The lowest BCUT2D eigenvalue weighted by molar-refractivity contribution is 0.142. The molecule has 3 nitrogen and oxygen atoms in total. The van der Waals surface area contributed by atoms with Crippen LogP contribution in [-0.4, -0.2) is 13.1 Å². The van der Waals surface area contributed by atoms with E-state index in [0.717, 1.165) is 10.5 Å². The van der Waals surface area contributed by atoms with Crippen LogP contribution in [0.5, 0.6) is 0 Å². The minimum atomic E-state index is -0.421. The summed E-state index contributed by atoms with van der Waals surface area (Å²) in [6, 6.07) is 7.44. The number of rotatable bonds is 2. The van der Waals surface area contributed by atoms with Gasteiger partial charge in [-0.1, -0.05) is 12.1 Å². The topological polar surface area (TPSA) is 38.3 Å². The highest BCUT2D eigenvalue weighted by Crippen LogP contribution is 2.08. The Balaban J connectivity index is 2.46. The lowest BCUT2D eigenvalue weighted by Gasteiger charge is -2.03. The van der Waals surface area contributed by atoms with Crippen molar-refractivity contribution in [2.75, 3.05) is 7.05 Å². The zero-order chi connectivity index (χ0) is 9.68. The average molecular weight is 197 g/mol. The third kappa shape index (κ3) is 3.38. The molecule has 0 atom stereocenters. The highest BCUT2D eigenvalue weighted by molar-refractivity contribution is 7.80. The molecule has 0 fully saturated rings. The predicted molar refractivity (Wildman–Crippen MR) is 52.9 cm³/mol. The quantitative estimate of drug-likeness (QED) is 0.710. The molecule has 0 heterocycles. The maximum atomic E-state index is 10.7. The summed E-state index contributed by atoms with van der Waals surface area (Å²) in [6.07, 6.45) is -0.421. The maximum Gasteiger partial charge on any atom is 0.407 e. The number of carbonyl (C=O) groups is 1. The summed E-state index contributed by atoms with van der Waals surface area (Å²) in [5.74, 6) is 0. The first-order chi connectivity index (χ1) is 6.22. The molecular weight excluding hydrogens is 186 g/mol. The summed E-state index contributed by atoms with van der Waals surface area (Å²) in [6.45, 7) is 0.285. The zero-order valence-corrected chi connectivity index (χ0v) is 8.17. The highest BCUT2D eigenvalue weighted by atomic mass is 32.1. The molecule has 0 saturated carbocycles. The van der Waals surface area contributed by atoms with Gasteiger partial charge >= 0.3 is 6.09 Å². The van der Waals surface area contributed by atoms with E-state index in [1.807, 2.05) is 24.3 Å². The first-order valence-corrected chi connectivity index (χ1v) is 4.29. The Hall–Kier alpha value is -1.16. The second-order valence-corrected chi connectivity index (χ2v) is 3.01. The molecule has 1 amide bonds. The van der Waals surface area contributed by atoms with Crippen LogP contribution in [0.2, 0.25) is 0 Å². The minimum absolute atomic E-state index is 0.285. The standard InChI is InChI=1S/C9H11NO2S/c1-10-9(11)12-6-7-2-4-8(13)5-3-7/h2-5,13H,6H2,1H3,(H,10,11). The smallest absolute Gasteiger partial charge is 0.407 e. The molecule has 1 N–H and O–H groups in total. The van der Waals surface area contributed by atoms with Gasteiger partial charge in [-0.2, -0.15) is 0 Å². The predicted octanol–water partition coefficient (Wildman–Crippen LogP) is 1.83. The first-order valence-electron chi connectivity index (χ1n) is 3.85. The van der Waals surface area contributed by atoms with Gasteiger partial charge in [0.25, 0.3) is 0 Å². The van der Waals surface area contributed by atoms with Gasteiger partial charge in [0.2, 0.25) is 0 Å². The molecule has 0 spiro atoms. The van der Waals surface area contributed by atoms with Crippen LogP contribution in [-0.2, 0) is 11.3 Å². The summed E-state index contributed by atoms with van der Waals surface area (Å²) >= 11 is 4.14. The Morgan fingerprint density at radius 1 is 1.46 bits per heavy atom. The molecule has 1 aromatic rings. The van der Waals surface area contributed by atoms with Crippen molar-refractivity contribution in [3.8, 4) is 0 Å². The molecule has 0 saturated heterocycles. The van der Waals surface area contributed by atoms with Gasteiger partial charge in [0, 0.05) is 11.9 Å². The van der Waals surface area contributed by atoms with Crippen molar-refractivity contribution >= 4 is 18.7 Å². The molecular formula is C9H11NO2S. The Bertz CT molecular complexity index is 284. The van der Waals surface area contributed by atoms with Crippen LogP contribution in [0.4, 0.5) is 4.79 Å². The largest absolute Gasteiger partial charge is 0.445 e. The van der Waals surface area contributed by atoms with Crippen LogP contribution >= 0.6 is 12.6 Å². The summed E-state index contributed by atoms with van der Waals surface area (Å²) < 4.78 is 4.84. The number of benzene rings is 1. The van der Waals surface area contributed by atoms with Crippen LogP contribution in [0.25, 0.3) is 0 Å². The van der Waals surface area contributed by atoms with E-state index in [2.05, 4.69) is 17.9 Å². The number of hydrogen-bond donors (Lipinski definition) is 2. The molecule has 0 bridgehead atoms. The van der Waals surface area contributed by atoms with Crippen molar-refractivity contribution in [3.05, 3.63) is 29.8 Å². The van der Waals surface area contributed by atoms with Crippen molar-refractivity contribution < 1.29 is 9.53 Å². The van der Waals surface area contributed by atoms with Crippen LogP contribution in [0.1, 0.15) is 5.56 Å². The van der Waals surface area contributed by atoms with E-state index < -0.39 is 6.09 Å². The van der Waals surface area contributed by atoms with E-state index in [1.165, 1.54) is 7.05 Å². The molecule has 0 aliphatic carbocycles. The summed E-state index contributed by atoms with van der Waals surface area (Å²) in [4.78, 5) is 11.6. The van der Waals surface area contributed by atoms with Crippen LogP contribution < -0.4 is 5.32 Å². The van der Waals surface area contributed by atoms with Gasteiger partial charge in [0.15, 0.2) is 0 Å². The lowest BCUT2D eigenvalue weighted by atomic mass is 10.2. The van der Waals surface area contributed by atoms with E-state index in [-0.39, 0.29) is 6.61 Å². The third-order valence-electron chi connectivity index (χ3n) is 1.51. The molecule has 4 heteroatoms. The zero-order valence-electron chi connectivity index (χ0n) is 7.28. The van der Waals surface area contributed by atoms with Crippen molar-refractivity contribution in [1.29, 1.82) is 0 Å². The van der Waals surface area contributed by atoms with E-state index in [9.17, 15) is 4.79 Å². The normalized spacial score (nSPS) is 9.38. The summed E-state index contributed by atoms with van der Waals surface area (Å²) in [7, 11) is 1.53. The molecule has 1 rings (SSSR count). The Morgan fingerprint density at radius 2 is 2.08 bits per heavy atom. The highest BCUT2D eigenvalue weighted by Gasteiger charge is 1.98. The monoisotopic (exact) mass is 197 g/mol. The van der Waals surface area contributed by atoms with Gasteiger partial charge in [-0.25, -0.2) is 4.79 Å². The fraction of sp³-hybridized carbons (Fsp3) is 0.222. The molecule has 13 heavy (non-hydrogen) atoms. The maximum absolute atomic E-state index is 10.7. The van der Waals surface area contributed by atoms with Crippen molar-refractivity contribution in [1.82, 2.24) is 5.32 Å². The fourth-order valence-corrected chi connectivity index (χ4v) is 0.962. The summed E-state index contributed by atoms with van der Waals surface area (Å²) in [5.41, 5.74) is 0.946. The van der Waals surface area contributed by atoms with E-state index in [1.54, 1.807) is 0 Å². The third-order valence-corrected chi connectivity index (χ3v) is 1.81. The van der Waals surface area contributed by atoms with Gasteiger partial charge in [-0.15, -0.1) is 12.6 Å². The van der Waals surface area contributed by atoms with Gasteiger partial charge in [0.05, 0.1) is 0 Å². The van der Waals surface area contributed by atoms with Crippen LogP contribution in [0.3, 0.4) is 0 Å². The van der Waals surface area contributed by atoms with Crippen LogP contribution in [0.15, 0.2) is 29.2 Å². The average Bonchev–Trinajstić information content (AvgIpc) is 2.16. The number of thiol groups is 1. The van der Waals surface area contributed by atoms with Gasteiger partial charge in [-0.3, -0.25) is 0 Å².